The van der Waals surface area contributed by atoms with Crippen molar-refractivity contribution in [2.75, 3.05) is 26.3 Å². The van der Waals surface area contributed by atoms with Crippen molar-refractivity contribution in [3.63, 3.8) is 0 Å². The Hall–Kier alpha value is 0.400. The molecule has 1 rings (SSSR count). The van der Waals surface area contributed by atoms with Crippen molar-refractivity contribution in [3.05, 3.63) is 0 Å². The van der Waals surface area contributed by atoms with E-state index in [1.165, 1.54) is 6.42 Å². The van der Waals surface area contributed by atoms with Gasteiger partial charge in [0.1, 0.15) is 0 Å². The number of halogens is 1. The van der Waals surface area contributed by atoms with E-state index in [0.717, 1.165) is 32.3 Å². The van der Waals surface area contributed by atoms with Gasteiger partial charge in [0.2, 0.25) is 0 Å². The lowest BCUT2D eigenvalue weighted by Gasteiger charge is -2.31. The van der Waals surface area contributed by atoms with Crippen LogP contribution in [0.5, 0.6) is 0 Å². The molecule has 2 nitrogen and oxygen atoms in total. The Morgan fingerprint density at radius 2 is 1.91 bits per heavy atom. The molecule has 1 heterocycles. The van der Waals surface area contributed by atoms with E-state index in [1.54, 1.807) is 0 Å². The van der Waals surface area contributed by atoms with Gasteiger partial charge in [0.25, 0.3) is 0 Å². The largest absolute Gasteiger partial charge is 0.379 e. The van der Waals surface area contributed by atoms with Crippen molar-refractivity contribution < 1.29 is 4.74 Å². The Kier molecular flexibility index (Phi) is 6.19. The quantitative estimate of drug-likeness (QED) is 0.707. The standard InChI is InChI=1S/C8H17NO.BrH/c1-3-8(2)9-4-6-10-7-5-9;/h8H,3-7H2,1-2H3;1H. The van der Waals surface area contributed by atoms with Gasteiger partial charge in [0.05, 0.1) is 13.2 Å². The second-order valence-electron chi connectivity index (χ2n) is 2.91. The molecule has 3 heteroatoms. The highest BCUT2D eigenvalue weighted by Crippen LogP contribution is 2.05. The van der Waals surface area contributed by atoms with Crippen LogP contribution in [-0.2, 0) is 4.74 Å². The summed E-state index contributed by atoms with van der Waals surface area (Å²) in [6, 6.07) is 0.740. The summed E-state index contributed by atoms with van der Waals surface area (Å²) in [5, 5.41) is 0. The summed E-state index contributed by atoms with van der Waals surface area (Å²) in [4.78, 5) is 2.49. The van der Waals surface area contributed by atoms with E-state index in [1.807, 2.05) is 0 Å². The smallest absolute Gasteiger partial charge is 0.0594 e. The number of nitrogens with zero attached hydrogens (tertiary/aromatic N) is 1. The van der Waals surface area contributed by atoms with Gasteiger partial charge >= 0.3 is 0 Å². The van der Waals surface area contributed by atoms with E-state index in [2.05, 4.69) is 18.7 Å². The highest BCUT2D eigenvalue weighted by molar-refractivity contribution is 8.93. The first-order valence-corrected chi connectivity index (χ1v) is 4.16. The van der Waals surface area contributed by atoms with Crippen LogP contribution in [0.2, 0.25) is 0 Å². The molecule has 1 aliphatic heterocycles. The van der Waals surface area contributed by atoms with Crippen molar-refractivity contribution >= 4 is 17.0 Å². The maximum absolute atomic E-state index is 5.25. The fourth-order valence-electron chi connectivity index (χ4n) is 1.28. The number of ether oxygens (including phenoxy) is 1. The van der Waals surface area contributed by atoms with Crippen molar-refractivity contribution in [2.45, 2.75) is 26.3 Å². The van der Waals surface area contributed by atoms with E-state index in [9.17, 15) is 0 Å². The van der Waals surface area contributed by atoms with Gasteiger partial charge in [-0.15, -0.1) is 17.0 Å². The third-order valence-electron chi connectivity index (χ3n) is 2.26. The fraction of sp³-hybridized carbons (Fsp3) is 1.00. The first-order chi connectivity index (χ1) is 4.84. The SMILES string of the molecule is Br.CCC(C)N1CCOCC1. The summed E-state index contributed by atoms with van der Waals surface area (Å²) in [7, 11) is 0. The van der Waals surface area contributed by atoms with Gasteiger partial charge in [-0.3, -0.25) is 4.90 Å². The summed E-state index contributed by atoms with van der Waals surface area (Å²) in [5.41, 5.74) is 0. The van der Waals surface area contributed by atoms with Crippen LogP contribution in [-0.4, -0.2) is 37.2 Å². The molecule has 0 amide bonds. The molecule has 0 bridgehead atoms. The van der Waals surface area contributed by atoms with E-state index in [0.29, 0.717) is 0 Å². The highest BCUT2D eigenvalue weighted by Gasteiger charge is 2.14. The molecule has 0 aliphatic carbocycles. The third-order valence-corrected chi connectivity index (χ3v) is 2.26. The van der Waals surface area contributed by atoms with Gasteiger partial charge in [-0.2, -0.15) is 0 Å². The molecule has 0 N–H and O–H groups in total. The van der Waals surface area contributed by atoms with E-state index in [-0.39, 0.29) is 17.0 Å². The first kappa shape index (κ1) is 11.4. The molecular formula is C8H18BrNO. The molecule has 1 aliphatic rings. The minimum Gasteiger partial charge on any atom is -0.379 e. The lowest BCUT2D eigenvalue weighted by Crippen LogP contribution is -2.41. The van der Waals surface area contributed by atoms with Gasteiger partial charge in [0.15, 0.2) is 0 Å². The summed E-state index contributed by atoms with van der Waals surface area (Å²) < 4.78 is 5.25. The zero-order chi connectivity index (χ0) is 7.40. The van der Waals surface area contributed by atoms with Crippen LogP contribution in [0.3, 0.4) is 0 Å². The highest BCUT2D eigenvalue weighted by atomic mass is 79.9. The lowest BCUT2D eigenvalue weighted by atomic mass is 10.2. The Morgan fingerprint density at radius 1 is 1.36 bits per heavy atom. The molecule has 68 valence electrons. The first-order valence-electron chi connectivity index (χ1n) is 4.16. The van der Waals surface area contributed by atoms with Crippen LogP contribution < -0.4 is 0 Å². The zero-order valence-electron chi connectivity index (χ0n) is 7.38. The van der Waals surface area contributed by atoms with Gasteiger partial charge in [-0.25, -0.2) is 0 Å². The average Bonchev–Trinajstić information content (AvgIpc) is 2.05. The maximum atomic E-state index is 5.25. The molecule has 1 saturated heterocycles. The third kappa shape index (κ3) is 3.54. The Labute approximate surface area is 79.7 Å². The summed E-state index contributed by atoms with van der Waals surface area (Å²) >= 11 is 0. The molecular weight excluding hydrogens is 206 g/mol. The van der Waals surface area contributed by atoms with Gasteiger partial charge in [-0.1, -0.05) is 6.92 Å². The zero-order valence-corrected chi connectivity index (χ0v) is 9.09. The molecule has 1 fully saturated rings. The summed E-state index contributed by atoms with van der Waals surface area (Å²) in [5.74, 6) is 0. The van der Waals surface area contributed by atoms with Crippen molar-refractivity contribution in [2.24, 2.45) is 0 Å². The fourth-order valence-corrected chi connectivity index (χ4v) is 1.28. The van der Waals surface area contributed by atoms with Gasteiger partial charge in [0, 0.05) is 19.1 Å². The molecule has 11 heavy (non-hydrogen) atoms. The molecule has 0 aromatic rings. The van der Waals surface area contributed by atoms with Crippen LogP contribution in [0.4, 0.5) is 0 Å². The van der Waals surface area contributed by atoms with E-state index in [4.69, 9.17) is 4.74 Å². The molecule has 0 saturated carbocycles. The van der Waals surface area contributed by atoms with E-state index < -0.39 is 0 Å². The number of morpholine rings is 1. The topological polar surface area (TPSA) is 12.5 Å². The Bertz CT molecular complexity index is 94.1. The molecule has 0 aromatic carbocycles. The van der Waals surface area contributed by atoms with Gasteiger partial charge < -0.3 is 4.74 Å². The summed E-state index contributed by atoms with van der Waals surface area (Å²) in [6.45, 7) is 8.60. The van der Waals surface area contributed by atoms with E-state index >= 15 is 0 Å². The van der Waals surface area contributed by atoms with Crippen LogP contribution in [0, 0.1) is 0 Å². The number of hydrogen-bond donors (Lipinski definition) is 0. The predicted octanol–water partition coefficient (Wildman–Crippen LogP) is 1.70. The van der Waals surface area contributed by atoms with Gasteiger partial charge in [-0.05, 0) is 13.3 Å². The lowest BCUT2D eigenvalue weighted by molar-refractivity contribution is 0.0196. The number of rotatable bonds is 2. The van der Waals surface area contributed by atoms with Crippen LogP contribution in [0.25, 0.3) is 0 Å². The normalized spacial score (nSPS) is 22.4. The Morgan fingerprint density at radius 3 is 2.36 bits per heavy atom. The molecule has 1 unspecified atom stereocenters. The van der Waals surface area contributed by atoms with Crippen LogP contribution >= 0.6 is 17.0 Å². The minimum atomic E-state index is 0. The number of hydrogen-bond acceptors (Lipinski definition) is 2. The Balaban J connectivity index is 0.000001000. The van der Waals surface area contributed by atoms with Crippen molar-refractivity contribution in [3.8, 4) is 0 Å². The predicted molar refractivity (Wildman–Crippen MR) is 52.5 cm³/mol. The second kappa shape index (κ2) is 5.98. The summed E-state index contributed by atoms with van der Waals surface area (Å²) in [6.07, 6.45) is 1.25. The maximum Gasteiger partial charge on any atom is 0.0594 e. The monoisotopic (exact) mass is 223 g/mol. The molecule has 0 aromatic heterocycles. The van der Waals surface area contributed by atoms with Crippen LogP contribution in [0.15, 0.2) is 0 Å². The van der Waals surface area contributed by atoms with Crippen molar-refractivity contribution in [1.82, 2.24) is 4.90 Å². The molecule has 1 atom stereocenters. The minimum absolute atomic E-state index is 0. The van der Waals surface area contributed by atoms with Crippen molar-refractivity contribution in [1.29, 1.82) is 0 Å². The molecule has 0 radical (unpaired) electrons. The average molecular weight is 224 g/mol. The van der Waals surface area contributed by atoms with Crippen LogP contribution in [0.1, 0.15) is 20.3 Å². The second-order valence-corrected chi connectivity index (χ2v) is 2.91. The molecule has 0 spiro atoms.